The number of hydrogen-bond donors (Lipinski definition) is 1. The average molecular weight is 232 g/mol. The van der Waals surface area contributed by atoms with Gasteiger partial charge in [0.1, 0.15) is 5.82 Å². The standard InChI is InChI=1S/C13H16N2O2/c1-3-5-6-9-14-12-8-7-11(10-15-12)13(16)17-4-2/h7-8,10H,4,6,9H2,1-2H3,(H,14,15). The molecule has 0 aliphatic rings. The maximum atomic E-state index is 11.4. The molecular formula is C13H16N2O2. The summed E-state index contributed by atoms with van der Waals surface area (Å²) in [5.41, 5.74) is 0.464. The highest BCUT2D eigenvalue weighted by atomic mass is 16.5. The number of anilines is 1. The molecule has 0 aromatic carbocycles. The van der Waals surface area contributed by atoms with Crippen LogP contribution in [-0.2, 0) is 4.74 Å². The Morgan fingerprint density at radius 1 is 1.53 bits per heavy atom. The molecule has 0 atom stereocenters. The van der Waals surface area contributed by atoms with E-state index in [4.69, 9.17) is 4.74 Å². The van der Waals surface area contributed by atoms with E-state index in [-0.39, 0.29) is 5.97 Å². The summed E-state index contributed by atoms with van der Waals surface area (Å²) in [6.45, 7) is 4.70. The summed E-state index contributed by atoms with van der Waals surface area (Å²) in [6, 6.07) is 3.45. The Balaban J connectivity index is 2.49. The summed E-state index contributed by atoms with van der Waals surface area (Å²) in [4.78, 5) is 15.5. The number of carbonyl (C=O) groups is 1. The van der Waals surface area contributed by atoms with Gasteiger partial charge in [0.2, 0.25) is 0 Å². The lowest BCUT2D eigenvalue weighted by atomic mass is 10.3. The highest BCUT2D eigenvalue weighted by molar-refractivity contribution is 5.89. The molecular weight excluding hydrogens is 216 g/mol. The van der Waals surface area contributed by atoms with Gasteiger partial charge in [-0.3, -0.25) is 0 Å². The first-order valence-corrected chi connectivity index (χ1v) is 5.54. The number of rotatable bonds is 5. The Bertz CT molecular complexity index is 415. The maximum Gasteiger partial charge on any atom is 0.339 e. The lowest BCUT2D eigenvalue weighted by molar-refractivity contribution is 0.0526. The molecule has 1 N–H and O–H groups in total. The van der Waals surface area contributed by atoms with E-state index in [9.17, 15) is 4.79 Å². The van der Waals surface area contributed by atoms with Crippen molar-refractivity contribution in [1.29, 1.82) is 0 Å². The molecule has 4 nitrogen and oxygen atoms in total. The normalized spacial score (nSPS) is 9.06. The molecule has 1 aromatic heterocycles. The number of ether oxygens (including phenoxy) is 1. The van der Waals surface area contributed by atoms with Gasteiger partial charge in [-0.25, -0.2) is 9.78 Å². The molecule has 0 spiro atoms. The lowest BCUT2D eigenvalue weighted by Gasteiger charge is -2.04. The molecule has 0 saturated heterocycles. The summed E-state index contributed by atoms with van der Waals surface area (Å²) in [7, 11) is 0. The van der Waals surface area contributed by atoms with E-state index >= 15 is 0 Å². The zero-order chi connectivity index (χ0) is 12.5. The summed E-state index contributed by atoms with van der Waals surface area (Å²) in [5.74, 6) is 6.16. The van der Waals surface area contributed by atoms with Crippen LogP contribution in [0.4, 0.5) is 5.82 Å². The highest BCUT2D eigenvalue weighted by Gasteiger charge is 2.05. The van der Waals surface area contributed by atoms with Crippen molar-refractivity contribution in [3.63, 3.8) is 0 Å². The third kappa shape index (κ3) is 4.56. The zero-order valence-electron chi connectivity index (χ0n) is 10.1. The van der Waals surface area contributed by atoms with Gasteiger partial charge in [-0.05, 0) is 26.0 Å². The van der Waals surface area contributed by atoms with Crippen molar-refractivity contribution in [1.82, 2.24) is 4.98 Å². The molecule has 90 valence electrons. The number of nitrogens with zero attached hydrogens (tertiary/aromatic N) is 1. The first-order chi connectivity index (χ1) is 8.27. The molecule has 0 unspecified atom stereocenters. The first-order valence-electron chi connectivity index (χ1n) is 5.54. The summed E-state index contributed by atoms with van der Waals surface area (Å²) in [5, 5.41) is 3.11. The number of aromatic nitrogens is 1. The SMILES string of the molecule is CC#CCCNc1ccc(C(=O)OCC)cn1. The van der Waals surface area contributed by atoms with Gasteiger partial charge < -0.3 is 10.1 Å². The van der Waals surface area contributed by atoms with Crippen LogP contribution < -0.4 is 5.32 Å². The van der Waals surface area contributed by atoms with Crippen LogP contribution in [0, 0.1) is 11.8 Å². The second kappa shape index (κ2) is 7.29. The van der Waals surface area contributed by atoms with Crippen molar-refractivity contribution in [3.8, 4) is 11.8 Å². The molecule has 0 fully saturated rings. The van der Waals surface area contributed by atoms with Crippen LogP contribution in [0.15, 0.2) is 18.3 Å². The Morgan fingerprint density at radius 2 is 2.35 bits per heavy atom. The number of pyridine rings is 1. The van der Waals surface area contributed by atoms with E-state index in [2.05, 4.69) is 22.1 Å². The molecule has 0 amide bonds. The fraction of sp³-hybridized carbons (Fsp3) is 0.385. The number of carbonyl (C=O) groups excluding carboxylic acids is 1. The van der Waals surface area contributed by atoms with E-state index in [0.717, 1.165) is 18.8 Å². The largest absolute Gasteiger partial charge is 0.462 e. The predicted molar refractivity (Wildman–Crippen MR) is 66.8 cm³/mol. The molecule has 0 radical (unpaired) electrons. The fourth-order valence-corrected chi connectivity index (χ4v) is 1.21. The van der Waals surface area contributed by atoms with Gasteiger partial charge in [0.05, 0.1) is 12.2 Å². The minimum Gasteiger partial charge on any atom is -0.462 e. The first kappa shape index (κ1) is 13.0. The van der Waals surface area contributed by atoms with Crippen LogP contribution in [0.3, 0.4) is 0 Å². The Labute approximate surface area is 101 Å². The van der Waals surface area contributed by atoms with Gasteiger partial charge in [-0.15, -0.1) is 11.8 Å². The van der Waals surface area contributed by atoms with Gasteiger partial charge in [-0.2, -0.15) is 0 Å². The van der Waals surface area contributed by atoms with Crippen LogP contribution in [0.1, 0.15) is 30.6 Å². The lowest BCUT2D eigenvalue weighted by Crippen LogP contribution is -2.07. The van der Waals surface area contributed by atoms with E-state index in [0.29, 0.717) is 12.2 Å². The van der Waals surface area contributed by atoms with Gasteiger partial charge in [0.25, 0.3) is 0 Å². The van der Waals surface area contributed by atoms with Crippen LogP contribution in [-0.4, -0.2) is 24.1 Å². The van der Waals surface area contributed by atoms with Crippen LogP contribution in [0.2, 0.25) is 0 Å². The molecule has 0 saturated carbocycles. The second-order valence-corrected chi connectivity index (χ2v) is 3.26. The topological polar surface area (TPSA) is 51.2 Å². The number of nitrogens with one attached hydrogen (secondary N) is 1. The molecule has 0 bridgehead atoms. The van der Waals surface area contributed by atoms with E-state index < -0.39 is 0 Å². The molecule has 0 aliphatic carbocycles. The molecule has 1 aromatic rings. The van der Waals surface area contributed by atoms with Gasteiger partial charge in [0, 0.05) is 19.2 Å². The predicted octanol–water partition coefficient (Wildman–Crippen LogP) is 2.08. The molecule has 1 heterocycles. The van der Waals surface area contributed by atoms with Gasteiger partial charge >= 0.3 is 5.97 Å². The number of esters is 1. The van der Waals surface area contributed by atoms with Gasteiger partial charge in [0.15, 0.2) is 0 Å². The Morgan fingerprint density at radius 3 is 2.94 bits per heavy atom. The van der Waals surface area contributed by atoms with Crippen LogP contribution in [0.25, 0.3) is 0 Å². The maximum absolute atomic E-state index is 11.4. The monoisotopic (exact) mass is 232 g/mol. The minimum absolute atomic E-state index is 0.344. The molecule has 4 heteroatoms. The Hall–Kier alpha value is -2.02. The van der Waals surface area contributed by atoms with Crippen molar-refractivity contribution >= 4 is 11.8 Å². The van der Waals surface area contributed by atoms with Crippen LogP contribution >= 0.6 is 0 Å². The smallest absolute Gasteiger partial charge is 0.339 e. The second-order valence-electron chi connectivity index (χ2n) is 3.26. The van der Waals surface area contributed by atoms with Crippen molar-refractivity contribution in [2.45, 2.75) is 20.3 Å². The fourth-order valence-electron chi connectivity index (χ4n) is 1.21. The molecule has 1 rings (SSSR count). The van der Waals surface area contributed by atoms with Crippen molar-refractivity contribution < 1.29 is 9.53 Å². The highest BCUT2D eigenvalue weighted by Crippen LogP contribution is 2.06. The van der Waals surface area contributed by atoms with Gasteiger partial charge in [-0.1, -0.05) is 0 Å². The van der Waals surface area contributed by atoms with Crippen molar-refractivity contribution in [3.05, 3.63) is 23.9 Å². The van der Waals surface area contributed by atoms with Crippen molar-refractivity contribution in [2.75, 3.05) is 18.5 Å². The zero-order valence-corrected chi connectivity index (χ0v) is 10.1. The van der Waals surface area contributed by atoms with Crippen LogP contribution in [0.5, 0.6) is 0 Å². The minimum atomic E-state index is -0.344. The van der Waals surface area contributed by atoms with E-state index in [1.165, 1.54) is 6.20 Å². The summed E-state index contributed by atoms with van der Waals surface area (Å²) < 4.78 is 4.86. The van der Waals surface area contributed by atoms with Crippen molar-refractivity contribution in [2.24, 2.45) is 0 Å². The quantitative estimate of drug-likeness (QED) is 0.480. The molecule has 0 aliphatic heterocycles. The summed E-state index contributed by atoms with van der Waals surface area (Å²) in [6.07, 6.45) is 2.28. The molecule has 17 heavy (non-hydrogen) atoms. The van der Waals surface area contributed by atoms with E-state index in [1.54, 1.807) is 19.1 Å². The average Bonchev–Trinajstić information content (AvgIpc) is 2.36. The number of hydrogen-bond acceptors (Lipinski definition) is 4. The third-order valence-corrected chi connectivity index (χ3v) is 2.01. The third-order valence-electron chi connectivity index (χ3n) is 2.01. The van der Waals surface area contributed by atoms with E-state index in [1.807, 2.05) is 6.92 Å². The summed E-state index contributed by atoms with van der Waals surface area (Å²) >= 11 is 0. The Kier molecular flexibility index (Phi) is 5.59.